The average Bonchev–Trinajstić information content (AvgIpc) is 3.12. The van der Waals surface area contributed by atoms with Crippen LogP contribution in [-0.4, -0.2) is 37.3 Å². The van der Waals surface area contributed by atoms with Crippen LogP contribution in [0.15, 0.2) is 29.3 Å². The standard InChI is InChI=1S/C17H24FN3O/c1-2-19-17(21-15-11-13-7-8-16(15)22-13)20-10-9-12-5-3-4-6-14(12)18/h3-6,13,15-16H,2,7-11H2,1H3,(H2,19,20,21). The lowest BCUT2D eigenvalue weighted by atomic mass is 9.96. The van der Waals surface area contributed by atoms with Crippen LogP contribution in [0.4, 0.5) is 4.39 Å². The van der Waals surface area contributed by atoms with Crippen LogP contribution in [0.25, 0.3) is 0 Å². The van der Waals surface area contributed by atoms with Gasteiger partial charge in [0.05, 0.1) is 18.2 Å². The minimum Gasteiger partial charge on any atom is -0.373 e. The Morgan fingerprint density at radius 1 is 1.36 bits per heavy atom. The molecule has 2 N–H and O–H groups in total. The number of aliphatic imine (C=N–C) groups is 1. The van der Waals surface area contributed by atoms with Gasteiger partial charge in [-0.25, -0.2) is 4.39 Å². The maximum atomic E-state index is 13.6. The first kappa shape index (κ1) is 15.3. The number of halogens is 1. The minimum atomic E-state index is -0.155. The maximum Gasteiger partial charge on any atom is 0.191 e. The van der Waals surface area contributed by atoms with Crippen LogP contribution in [0, 0.1) is 5.82 Å². The number of benzene rings is 1. The largest absolute Gasteiger partial charge is 0.373 e. The SMILES string of the molecule is CCNC(=NCCc1ccccc1F)NC1CC2CCC1O2. The summed E-state index contributed by atoms with van der Waals surface area (Å²) in [5, 5.41) is 6.73. The summed E-state index contributed by atoms with van der Waals surface area (Å²) in [6, 6.07) is 7.23. The lowest BCUT2D eigenvalue weighted by molar-refractivity contribution is 0.0992. The van der Waals surface area contributed by atoms with Gasteiger partial charge in [0, 0.05) is 13.1 Å². The summed E-state index contributed by atoms with van der Waals surface area (Å²) in [5.74, 6) is 0.650. The van der Waals surface area contributed by atoms with E-state index in [0.29, 0.717) is 36.8 Å². The number of hydrogen-bond donors (Lipinski definition) is 2. The van der Waals surface area contributed by atoms with Gasteiger partial charge in [-0.15, -0.1) is 0 Å². The van der Waals surface area contributed by atoms with Crippen molar-refractivity contribution in [1.29, 1.82) is 0 Å². The third-order valence-electron chi connectivity index (χ3n) is 4.38. The molecule has 2 aliphatic heterocycles. The first-order valence-electron chi connectivity index (χ1n) is 8.20. The number of nitrogens with one attached hydrogen (secondary N) is 2. The van der Waals surface area contributed by atoms with Crippen LogP contribution in [0.1, 0.15) is 31.7 Å². The van der Waals surface area contributed by atoms with Gasteiger partial charge >= 0.3 is 0 Å². The van der Waals surface area contributed by atoms with Crippen LogP contribution in [0.3, 0.4) is 0 Å². The summed E-state index contributed by atoms with van der Waals surface area (Å²) < 4.78 is 19.5. The molecule has 2 heterocycles. The quantitative estimate of drug-likeness (QED) is 0.648. The summed E-state index contributed by atoms with van der Waals surface area (Å²) in [6.07, 6.45) is 4.73. The van der Waals surface area contributed by atoms with Crippen molar-refractivity contribution in [2.75, 3.05) is 13.1 Å². The van der Waals surface area contributed by atoms with Crippen molar-refractivity contribution in [2.45, 2.75) is 50.9 Å². The Kier molecular flexibility index (Phi) is 4.93. The van der Waals surface area contributed by atoms with E-state index < -0.39 is 0 Å². The van der Waals surface area contributed by atoms with Gasteiger partial charge < -0.3 is 15.4 Å². The Balaban J connectivity index is 1.55. The zero-order chi connectivity index (χ0) is 15.4. The maximum absolute atomic E-state index is 13.6. The molecule has 3 rings (SSSR count). The molecule has 120 valence electrons. The van der Waals surface area contributed by atoms with Crippen molar-refractivity contribution in [1.82, 2.24) is 10.6 Å². The molecule has 2 bridgehead atoms. The first-order chi connectivity index (χ1) is 10.8. The van der Waals surface area contributed by atoms with Gasteiger partial charge in [0.1, 0.15) is 5.82 Å². The van der Waals surface area contributed by atoms with Crippen molar-refractivity contribution in [3.63, 3.8) is 0 Å². The van der Waals surface area contributed by atoms with Crippen molar-refractivity contribution < 1.29 is 9.13 Å². The van der Waals surface area contributed by atoms with Crippen molar-refractivity contribution >= 4 is 5.96 Å². The summed E-state index contributed by atoms with van der Waals surface area (Å²) in [4.78, 5) is 4.57. The second kappa shape index (κ2) is 7.09. The lowest BCUT2D eigenvalue weighted by Crippen LogP contribution is -2.47. The van der Waals surface area contributed by atoms with Gasteiger partial charge in [0.25, 0.3) is 0 Å². The monoisotopic (exact) mass is 305 g/mol. The number of ether oxygens (including phenoxy) is 1. The summed E-state index contributed by atoms with van der Waals surface area (Å²) in [6.45, 7) is 3.43. The van der Waals surface area contributed by atoms with Gasteiger partial charge in [0.2, 0.25) is 0 Å². The number of hydrogen-bond acceptors (Lipinski definition) is 2. The van der Waals surface area contributed by atoms with E-state index in [1.807, 2.05) is 19.1 Å². The van der Waals surface area contributed by atoms with E-state index in [-0.39, 0.29) is 5.82 Å². The van der Waals surface area contributed by atoms with Gasteiger partial charge in [0.15, 0.2) is 5.96 Å². The minimum absolute atomic E-state index is 0.155. The van der Waals surface area contributed by atoms with Gasteiger partial charge in [-0.1, -0.05) is 18.2 Å². The third kappa shape index (κ3) is 3.58. The Hall–Kier alpha value is -1.62. The van der Waals surface area contributed by atoms with Gasteiger partial charge in [-0.3, -0.25) is 4.99 Å². The average molecular weight is 305 g/mol. The molecule has 0 spiro atoms. The number of rotatable bonds is 5. The van der Waals surface area contributed by atoms with Gasteiger partial charge in [-0.05, 0) is 44.2 Å². The molecular weight excluding hydrogens is 281 g/mol. The fourth-order valence-electron chi connectivity index (χ4n) is 3.27. The molecule has 0 saturated carbocycles. The Bertz CT molecular complexity index is 534. The molecule has 0 amide bonds. The topological polar surface area (TPSA) is 45.7 Å². The number of fused-ring (bicyclic) bond motifs is 2. The molecular formula is C17H24FN3O. The summed E-state index contributed by atoms with van der Waals surface area (Å²) in [5.41, 5.74) is 0.713. The zero-order valence-corrected chi connectivity index (χ0v) is 13.0. The highest BCUT2D eigenvalue weighted by molar-refractivity contribution is 5.80. The van der Waals surface area contributed by atoms with Crippen LogP contribution in [0.2, 0.25) is 0 Å². The second-order valence-electron chi connectivity index (χ2n) is 5.96. The molecule has 3 atom stereocenters. The molecule has 22 heavy (non-hydrogen) atoms. The lowest BCUT2D eigenvalue weighted by Gasteiger charge is -2.22. The highest BCUT2D eigenvalue weighted by Gasteiger charge is 2.41. The van der Waals surface area contributed by atoms with Crippen LogP contribution in [-0.2, 0) is 11.2 Å². The highest BCUT2D eigenvalue weighted by atomic mass is 19.1. The second-order valence-corrected chi connectivity index (χ2v) is 5.96. The summed E-state index contributed by atoms with van der Waals surface area (Å²) >= 11 is 0. The van der Waals surface area contributed by atoms with E-state index in [9.17, 15) is 4.39 Å². The summed E-state index contributed by atoms with van der Waals surface area (Å²) in [7, 11) is 0. The normalized spacial score (nSPS) is 27.2. The van der Waals surface area contributed by atoms with Crippen molar-refractivity contribution in [2.24, 2.45) is 4.99 Å². The van der Waals surface area contributed by atoms with Crippen LogP contribution in [0.5, 0.6) is 0 Å². The number of guanidine groups is 1. The van der Waals surface area contributed by atoms with E-state index in [0.717, 1.165) is 25.3 Å². The molecule has 2 saturated heterocycles. The molecule has 5 heteroatoms. The van der Waals surface area contributed by atoms with Crippen molar-refractivity contribution in [3.05, 3.63) is 35.6 Å². The van der Waals surface area contributed by atoms with Crippen LogP contribution >= 0.6 is 0 Å². The van der Waals surface area contributed by atoms with E-state index >= 15 is 0 Å². The smallest absolute Gasteiger partial charge is 0.191 e. The molecule has 0 aromatic heterocycles. The molecule has 0 aliphatic carbocycles. The molecule has 4 nitrogen and oxygen atoms in total. The zero-order valence-electron chi connectivity index (χ0n) is 13.0. The van der Waals surface area contributed by atoms with Crippen LogP contribution < -0.4 is 10.6 Å². The first-order valence-corrected chi connectivity index (χ1v) is 8.20. The molecule has 2 aliphatic rings. The van der Waals surface area contributed by atoms with E-state index in [1.165, 1.54) is 12.5 Å². The molecule has 0 radical (unpaired) electrons. The third-order valence-corrected chi connectivity index (χ3v) is 4.38. The van der Waals surface area contributed by atoms with E-state index in [1.54, 1.807) is 6.07 Å². The van der Waals surface area contributed by atoms with E-state index in [4.69, 9.17) is 4.74 Å². The predicted octanol–water partition coefficient (Wildman–Crippen LogP) is 2.24. The molecule has 1 aromatic rings. The fraction of sp³-hybridized carbons (Fsp3) is 0.588. The molecule has 1 aromatic carbocycles. The Labute approximate surface area is 131 Å². The van der Waals surface area contributed by atoms with E-state index in [2.05, 4.69) is 15.6 Å². The Morgan fingerprint density at radius 2 is 2.23 bits per heavy atom. The van der Waals surface area contributed by atoms with Gasteiger partial charge in [-0.2, -0.15) is 0 Å². The predicted molar refractivity (Wildman–Crippen MR) is 85.5 cm³/mol. The molecule has 2 fully saturated rings. The number of nitrogens with zero attached hydrogens (tertiary/aromatic N) is 1. The Morgan fingerprint density at radius 3 is 2.91 bits per heavy atom. The molecule has 3 unspecified atom stereocenters. The highest BCUT2D eigenvalue weighted by Crippen LogP contribution is 2.34. The van der Waals surface area contributed by atoms with Crippen molar-refractivity contribution in [3.8, 4) is 0 Å². The fourth-order valence-corrected chi connectivity index (χ4v) is 3.27.